The van der Waals surface area contributed by atoms with Crippen LogP contribution in [-0.2, 0) is 19.1 Å². The fourth-order valence-electron chi connectivity index (χ4n) is 5.32. The number of thioether (sulfide) groups is 1. The van der Waals surface area contributed by atoms with Crippen LogP contribution in [0.25, 0.3) is 0 Å². The van der Waals surface area contributed by atoms with Gasteiger partial charge in [0.25, 0.3) is 5.24 Å². The maximum absolute atomic E-state index is 13.1. The average molecular weight is 709 g/mol. The van der Waals surface area contributed by atoms with E-state index in [9.17, 15) is 14.4 Å². The van der Waals surface area contributed by atoms with Gasteiger partial charge in [-0.2, -0.15) is 0 Å². The third-order valence-electron chi connectivity index (χ3n) is 8.69. The van der Waals surface area contributed by atoms with Crippen LogP contribution in [0.4, 0.5) is 4.79 Å². The van der Waals surface area contributed by atoms with Gasteiger partial charge >= 0.3 is 11.9 Å². The Balaban J connectivity index is 4.18. The minimum atomic E-state index is -0.107. The summed E-state index contributed by atoms with van der Waals surface area (Å²) in [5, 5.41) is 0.187. The normalized spacial score (nSPS) is 11.6. The number of carbonyl (C=O) groups excluding carboxylic acids is 3. The van der Waals surface area contributed by atoms with E-state index in [1.54, 1.807) is 0 Å². The Morgan fingerprint density at radius 3 is 1.45 bits per heavy atom. The quantitative estimate of drug-likeness (QED) is 0.0368. The molecule has 1 amide bonds. The molecule has 7 nitrogen and oxygen atoms in total. The molecular weight excluding hydrogens is 633 g/mol. The summed E-state index contributed by atoms with van der Waals surface area (Å²) in [4.78, 5) is 41.4. The summed E-state index contributed by atoms with van der Waals surface area (Å²) in [6.45, 7) is 11.1. The molecule has 0 aliphatic heterocycles. The molecule has 49 heavy (non-hydrogen) atoms. The van der Waals surface area contributed by atoms with Crippen molar-refractivity contribution in [2.75, 3.05) is 52.2 Å². The second kappa shape index (κ2) is 37.5. The van der Waals surface area contributed by atoms with E-state index >= 15 is 0 Å². The Morgan fingerprint density at radius 2 is 0.980 bits per heavy atom. The van der Waals surface area contributed by atoms with Crippen molar-refractivity contribution >= 4 is 28.9 Å². The summed E-state index contributed by atoms with van der Waals surface area (Å²) in [5.74, 6) is 0.632. The highest BCUT2D eigenvalue weighted by Crippen LogP contribution is 2.15. The van der Waals surface area contributed by atoms with Crippen LogP contribution >= 0.6 is 11.8 Å². The van der Waals surface area contributed by atoms with Crippen molar-refractivity contribution in [3.05, 3.63) is 24.3 Å². The molecule has 0 saturated heterocycles. The van der Waals surface area contributed by atoms with E-state index in [1.165, 1.54) is 63.1 Å². The zero-order chi connectivity index (χ0) is 36.0. The summed E-state index contributed by atoms with van der Waals surface area (Å²) in [6.07, 6.45) is 32.1. The van der Waals surface area contributed by atoms with Gasteiger partial charge in [0.1, 0.15) is 0 Å². The zero-order valence-corrected chi connectivity index (χ0v) is 33.2. The Labute approximate surface area is 306 Å². The van der Waals surface area contributed by atoms with Gasteiger partial charge in [-0.05, 0) is 104 Å². The Morgan fingerprint density at radius 1 is 0.531 bits per heavy atom. The number of carbonyl (C=O) groups is 3. The maximum Gasteiger partial charge on any atom is 0.306 e. The van der Waals surface area contributed by atoms with Gasteiger partial charge in [0.15, 0.2) is 0 Å². The van der Waals surface area contributed by atoms with E-state index in [0.29, 0.717) is 26.1 Å². The molecule has 0 heterocycles. The minimum Gasteiger partial charge on any atom is -0.466 e. The fraction of sp³-hybridized carbons (Fsp3) is 0.829. The van der Waals surface area contributed by atoms with E-state index in [-0.39, 0.29) is 17.2 Å². The molecule has 0 radical (unpaired) electrons. The van der Waals surface area contributed by atoms with Crippen LogP contribution < -0.4 is 0 Å². The van der Waals surface area contributed by atoms with Gasteiger partial charge in [0, 0.05) is 31.7 Å². The average Bonchev–Trinajstić information content (AvgIpc) is 3.10. The highest BCUT2D eigenvalue weighted by molar-refractivity contribution is 8.13. The summed E-state index contributed by atoms with van der Waals surface area (Å²) >= 11 is 1.45. The number of ether oxygens (including phenoxy) is 2. The Kier molecular flexibility index (Phi) is 36.1. The topological polar surface area (TPSA) is 76.1 Å². The number of hydrogen-bond acceptors (Lipinski definition) is 7. The van der Waals surface area contributed by atoms with E-state index < -0.39 is 0 Å². The molecule has 0 atom stereocenters. The number of unbranched alkanes of at least 4 members (excludes halogenated alkanes) is 14. The van der Waals surface area contributed by atoms with Gasteiger partial charge in [0.05, 0.1) is 13.2 Å². The second-order valence-corrected chi connectivity index (χ2v) is 14.4. The van der Waals surface area contributed by atoms with Gasteiger partial charge in [-0.25, -0.2) is 0 Å². The Hall–Kier alpha value is -1.80. The molecule has 0 rings (SSSR count). The van der Waals surface area contributed by atoms with Gasteiger partial charge in [-0.1, -0.05) is 108 Å². The number of esters is 2. The van der Waals surface area contributed by atoms with E-state index in [0.717, 1.165) is 115 Å². The minimum absolute atomic E-state index is 0.107. The summed E-state index contributed by atoms with van der Waals surface area (Å²) in [5.41, 5.74) is 0. The first-order valence-corrected chi connectivity index (χ1v) is 21.1. The molecule has 0 unspecified atom stereocenters. The van der Waals surface area contributed by atoms with Gasteiger partial charge in [-0.15, -0.1) is 0 Å². The van der Waals surface area contributed by atoms with Crippen molar-refractivity contribution in [2.45, 2.75) is 168 Å². The lowest BCUT2D eigenvalue weighted by Crippen LogP contribution is -2.30. The van der Waals surface area contributed by atoms with Crippen LogP contribution in [0, 0.1) is 0 Å². The molecular formula is C41H76N2O5S. The zero-order valence-electron chi connectivity index (χ0n) is 32.4. The highest BCUT2D eigenvalue weighted by Gasteiger charge is 2.14. The lowest BCUT2D eigenvalue weighted by Gasteiger charge is -2.22. The Bertz CT molecular complexity index is 783. The van der Waals surface area contributed by atoms with Crippen molar-refractivity contribution in [1.29, 1.82) is 0 Å². The first-order chi connectivity index (χ1) is 23.9. The maximum atomic E-state index is 13.1. The molecule has 0 N–H and O–H groups in total. The molecule has 0 fully saturated rings. The third kappa shape index (κ3) is 34.4. The second-order valence-electron chi connectivity index (χ2n) is 13.3. The van der Waals surface area contributed by atoms with Crippen LogP contribution in [0.1, 0.15) is 168 Å². The molecule has 8 heteroatoms. The number of hydrogen-bond donors (Lipinski definition) is 0. The van der Waals surface area contributed by atoms with Gasteiger partial charge in [-0.3, -0.25) is 14.4 Å². The summed E-state index contributed by atoms with van der Waals surface area (Å²) in [6, 6.07) is 0. The van der Waals surface area contributed by atoms with E-state index in [2.05, 4.69) is 57.0 Å². The predicted octanol–water partition coefficient (Wildman–Crippen LogP) is 11.3. The van der Waals surface area contributed by atoms with Crippen molar-refractivity contribution in [3.8, 4) is 0 Å². The van der Waals surface area contributed by atoms with Gasteiger partial charge in [0.2, 0.25) is 0 Å². The molecule has 0 bridgehead atoms. The molecule has 0 aromatic heterocycles. The standard InChI is InChI=1S/C41H76N2O5S/c1-5-8-10-12-14-16-18-24-31-39(44)47-36-28-22-20-26-34-43(41(46)49-38-30-33-42(4)7-3)35-27-21-23-29-37-48-40(45)32-25-19-17-15-13-11-9-6-2/h16-19H,5-15,20-38H2,1-4H3/b18-16-,19-17-. The molecule has 0 aliphatic carbocycles. The molecule has 286 valence electrons. The van der Waals surface area contributed by atoms with Crippen molar-refractivity contribution < 1.29 is 23.9 Å². The van der Waals surface area contributed by atoms with E-state index in [1.807, 2.05) is 4.90 Å². The molecule has 0 spiro atoms. The number of allylic oxidation sites excluding steroid dienone is 4. The van der Waals surface area contributed by atoms with Crippen LogP contribution in [-0.4, -0.2) is 79.2 Å². The number of rotatable bonds is 35. The van der Waals surface area contributed by atoms with Crippen LogP contribution in [0.3, 0.4) is 0 Å². The lowest BCUT2D eigenvalue weighted by molar-refractivity contribution is -0.144. The van der Waals surface area contributed by atoms with Gasteiger partial charge < -0.3 is 19.3 Å². The van der Waals surface area contributed by atoms with Crippen LogP contribution in [0.2, 0.25) is 0 Å². The monoisotopic (exact) mass is 709 g/mol. The summed E-state index contributed by atoms with van der Waals surface area (Å²) < 4.78 is 10.8. The first kappa shape index (κ1) is 47.2. The number of amides is 1. The highest BCUT2D eigenvalue weighted by atomic mass is 32.2. The van der Waals surface area contributed by atoms with E-state index in [4.69, 9.17) is 9.47 Å². The largest absolute Gasteiger partial charge is 0.466 e. The molecule has 0 aromatic carbocycles. The van der Waals surface area contributed by atoms with Crippen LogP contribution in [0.5, 0.6) is 0 Å². The SMILES string of the molecule is CCCCCC/C=C\CCC(=O)OCCCCCCN(CCCCCCOC(=O)CC/C=C\CCCCCC)C(=O)SCCCN(C)CC. The molecule has 0 aromatic rings. The predicted molar refractivity (Wildman–Crippen MR) is 210 cm³/mol. The van der Waals surface area contributed by atoms with Crippen molar-refractivity contribution in [3.63, 3.8) is 0 Å². The van der Waals surface area contributed by atoms with Crippen LogP contribution in [0.15, 0.2) is 24.3 Å². The van der Waals surface area contributed by atoms with Crippen molar-refractivity contribution in [1.82, 2.24) is 9.80 Å². The number of nitrogens with zero attached hydrogens (tertiary/aromatic N) is 2. The molecule has 0 aliphatic rings. The lowest BCUT2D eigenvalue weighted by atomic mass is 10.1. The smallest absolute Gasteiger partial charge is 0.306 e. The molecule has 0 saturated carbocycles. The van der Waals surface area contributed by atoms with Crippen molar-refractivity contribution in [2.24, 2.45) is 0 Å². The fourth-order valence-corrected chi connectivity index (χ4v) is 6.14. The first-order valence-electron chi connectivity index (χ1n) is 20.2. The third-order valence-corrected chi connectivity index (χ3v) is 9.69. The summed E-state index contributed by atoms with van der Waals surface area (Å²) in [7, 11) is 2.12.